The first-order chi connectivity index (χ1) is 13.8. The monoisotopic (exact) mass is 397 g/mol. The lowest BCUT2D eigenvalue weighted by atomic mass is 9.90. The molecule has 0 bridgehead atoms. The third-order valence-electron chi connectivity index (χ3n) is 4.87. The number of rotatable bonds is 5. The predicted octanol–water partition coefficient (Wildman–Crippen LogP) is 4.59. The molecule has 0 atom stereocenters. The van der Waals surface area contributed by atoms with E-state index in [1.165, 1.54) is 32.1 Å². The van der Waals surface area contributed by atoms with Crippen molar-refractivity contribution in [1.29, 1.82) is 0 Å². The van der Waals surface area contributed by atoms with Gasteiger partial charge in [-0.05, 0) is 19.8 Å². The van der Waals surface area contributed by atoms with Crippen molar-refractivity contribution in [3.05, 3.63) is 41.0 Å². The summed E-state index contributed by atoms with van der Waals surface area (Å²) in [6.45, 7) is 2.05. The Morgan fingerprint density at radius 3 is 2.86 bits per heavy atom. The van der Waals surface area contributed by atoms with Crippen LogP contribution in [0.5, 0.6) is 0 Å². The molecule has 1 saturated carbocycles. The van der Waals surface area contributed by atoms with Gasteiger partial charge >= 0.3 is 6.09 Å². The molecule has 7 nitrogen and oxygen atoms in total. The highest BCUT2D eigenvalue weighted by atomic mass is 32.1. The number of carbonyl (C=O) groups is 1. The lowest BCUT2D eigenvalue weighted by Gasteiger charge is -2.18. The van der Waals surface area contributed by atoms with Gasteiger partial charge in [0.2, 0.25) is 4.96 Å². The Morgan fingerprint density at radius 1 is 1.32 bits per heavy atom. The second-order valence-corrected chi connectivity index (χ2v) is 7.76. The van der Waals surface area contributed by atoms with Gasteiger partial charge in [0, 0.05) is 11.5 Å². The summed E-state index contributed by atoms with van der Waals surface area (Å²) in [6.07, 6.45) is 7.23. The van der Waals surface area contributed by atoms with Gasteiger partial charge in [0.05, 0.1) is 12.8 Å². The average molecular weight is 398 g/mol. The van der Waals surface area contributed by atoms with E-state index < -0.39 is 6.09 Å². The smallest absolute Gasteiger partial charge is 0.427 e. The number of benzene rings is 1. The van der Waals surface area contributed by atoms with Crippen LogP contribution in [0.1, 0.15) is 55.6 Å². The van der Waals surface area contributed by atoms with E-state index in [0.717, 1.165) is 26.9 Å². The Labute approximate surface area is 167 Å². The summed E-state index contributed by atoms with van der Waals surface area (Å²) in [5, 5.41) is 10.0. The number of aromatic nitrogens is 3. The van der Waals surface area contributed by atoms with Crippen molar-refractivity contribution in [2.24, 2.45) is 5.10 Å². The van der Waals surface area contributed by atoms with Crippen LogP contribution in [0, 0.1) is 0 Å². The van der Waals surface area contributed by atoms with E-state index in [1.54, 1.807) is 24.5 Å². The van der Waals surface area contributed by atoms with Gasteiger partial charge in [0.25, 0.3) is 0 Å². The number of carbonyl (C=O) groups excluding carboxylic acids is 1. The Morgan fingerprint density at radius 2 is 2.11 bits per heavy atom. The van der Waals surface area contributed by atoms with Crippen LogP contribution < -0.4 is 5.43 Å². The van der Waals surface area contributed by atoms with Crippen molar-refractivity contribution in [2.45, 2.75) is 44.9 Å². The molecular weight excluding hydrogens is 374 g/mol. The minimum absolute atomic E-state index is 0.296. The van der Waals surface area contributed by atoms with Gasteiger partial charge in [0.1, 0.15) is 16.4 Å². The molecule has 8 heteroatoms. The highest BCUT2D eigenvalue weighted by Crippen LogP contribution is 2.36. The van der Waals surface area contributed by atoms with Crippen LogP contribution in [0.2, 0.25) is 0 Å². The summed E-state index contributed by atoms with van der Waals surface area (Å²) in [7, 11) is 0. The Hall–Kier alpha value is -2.74. The molecule has 0 saturated heterocycles. The van der Waals surface area contributed by atoms with Gasteiger partial charge in [-0.2, -0.15) is 10.2 Å². The molecule has 0 aliphatic heterocycles. The summed E-state index contributed by atoms with van der Waals surface area (Å²) in [6, 6.07) is 9.93. The maximum atomic E-state index is 11.5. The second kappa shape index (κ2) is 8.52. The molecule has 4 rings (SSSR count). The largest absolute Gasteiger partial charge is 0.449 e. The first kappa shape index (κ1) is 18.6. The Kier molecular flexibility index (Phi) is 5.66. The van der Waals surface area contributed by atoms with Crippen molar-refractivity contribution < 1.29 is 9.53 Å². The molecule has 2 aromatic heterocycles. The summed E-state index contributed by atoms with van der Waals surface area (Å²) in [5.41, 5.74) is 4.90. The summed E-state index contributed by atoms with van der Waals surface area (Å²) in [5.74, 6) is 0.517. The molecular formula is C20H23N5O2S. The molecule has 2 heterocycles. The maximum absolute atomic E-state index is 11.5. The number of nitrogens with zero attached hydrogens (tertiary/aromatic N) is 4. The van der Waals surface area contributed by atoms with E-state index >= 15 is 0 Å². The van der Waals surface area contributed by atoms with Gasteiger partial charge < -0.3 is 4.74 Å². The van der Waals surface area contributed by atoms with E-state index in [-0.39, 0.29) is 0 Å². The van der Waals surface area contributed by atoms with Crippen LogP contribution in [0.3, 0.4) is 0 Å². The number of hydrazone groups is 1. The van der Waals surface area contributed by atoms with Gasteiger partial charge in [0.15, 0.2) is 0 Å². The first-order valence-corrected chi connectivity index (χ1v) is 10.5. The molecule has 1 aliphatic carbocycles. The summed E-state index contributed by atoms with van der Waals surface area (Å²) < 4.78 is 6.69. The maximum Gasteiger partial charge on any atom is 0.427 e. The molecule has 1 fully saturated rings. The molecule has 0 radical (unpaired) electrons. The van der Waals surface area contributed by atoms with Crippen molar-refractivity contribution in [1.82, 2.24) is 20.0 Å². The Bertz CT molecular complexity index is 973. The van der Waals surface area contributed by atoms with Gasteiger partial charge in [-0.1, -0.05) is 60.9 Å². The summed E-state index contributed by atoms with van der Waals surface area (Å²) >= 11 is 1.65. The summed E-state index contributed by atoms with van der Waals surface area (Å²) in [4.78, 5) is 17.2. The minimum Gasteiger partial charge on any atom is -0.449 e. The number of nitrogens with one attached hydrogen (secondary N) is 1. The third-order valence-corrected chi connectivity index (χ3v) is 5.94. The predicted molar refractivity (Wildman–Crippen MR) is 110 cm³/mol. The van der Waals surface area contributed by atoms with E-state index in [0.29, 0.717) is 12.5 Å². The molecule has 1 amide bonds. The van der Waals surface area contributed by atoms with Crippen molar-refractivity contribution in [2.75, 3.05) is 6.61 Å². The second-order valence-electron chi connectivity index (χ2n) is 6.77. The average Bonchev–Trinajstić information content (AvgIpc) is 3.29. The van der Waals surface area contributed by atoms with Crippen LogP contribution in [-0.2, 0) is 4.74 Å². The normalized spacial score (nSPS) is 15.3. The van der Waals surface area contributed by atoms with E-state index in [1.807, 2.05) is 34.8 Å². The van der Waals surface area contributed by atoms with Gasteiger partial charge in [-0.25, -0.2) is 19.7 Å². The quantitative estimate of drug-likeness (QED) is 0.504. The molecule has 1 aromatic carbocycles. The fraction of sp³-hybridized carbons (Fsp3) is 0.400. The van der Waals surface area contributed by atoms with Crippen LogP contribution in [-0.4, -0.2) is 33.5 Å². The number of ether oxygens (including phenoxy) is 1. The molecule has 0 unspecified atom stereocenters. The first-order valence-electron chi connectivity index (χ1n) is 9.67. The number of fused-ring (bicyclic) bond motifs is 1. The standard InChI is InChI=1S/C20H23N5O2S/c1-2-27-20(26)23-21-13-16-17(14-9-5-3-6-10-14)22-19-25(16)24-18(28-19)15-11-7-4-8-12-15/h3,5-6,9-10,13,15H,2,4,7-8,11-12H2,1H3,(H,23,26)/b21-13-. The number of imidazole rings is 1. The van der Waals surface area contributed by atoms with E-state index in [2.05, 4.69) is 10.5 Å². The van der Waals surface area contributed by atoms with Crippen LogP contribution in [0.4, 0.5) is 4.79 Å². The SMILES string of the molecule is CCOC(=O)N/N=C\c1c(-c2ccccc2)nc2sc(C3CCCCC3)nn12. The molecule has 1 aliphatic rings. The zero-order valence-electron chi connectivity index (χ0n) is 15.8. The molecule has 146 valence electrons. The number of hydrogen-bond donors (Lipinski definition) is 1. The molecule has 3 aromatic rings. The lowest BCUT2D eigenvalue weighted by Crippen LogP contribution is -2.18. The van der Waals surface area contributed by atoms with Crippen LogP contribution >= 0.6 is 11.3 Å². The van der Waals surface area contributed by atoms with Crippen LogP contribution in [0.25, 0.3) is 16.2 Å². The zero-order valence-corrected chi connectivity index (χ0v) is 16.6. The highest BCUT2D eigenvalue weighted by molar-refractivity contribution is 7.16. The molecule has 28 heavy (non-hydrogen) atoms. The highest BCUT2D eigenvalue weighted by Gasteiger charge is 2.23. The van der Waals surface area contributed by atoms with Crippen molar-refractivity contribution >= 4 is 28.6 Å². The van der Waals surface area contributed by atoms with Crippen LogP contribution in [0.15, 0.2) is 35.4 Å². The molecule has 1 N–H and O–H groups in total. The topological polar surface area (TPSA) is 80.9 Å². The number of hydrogen-bond acceptors (Lipinski definition) is 6. The van der Waals surface area contributed by atoms with E-state index in [4.69, 9.17) is 14.8 Å². The van der Waals surface area contributed by atoms with Gasteiger partial charge in [-0.15, -0.1) is 0 Å². The molecule has 0 spiro atoms. The minimum atomic E-state index is -0.582. The lowest BCUT2D eigenvalue weighted by molar-refractivity contribution is 0.152. The van der Waals surface area contributed by atoms with Crippen molar-refractivity contribution in [3.63, 3.8) is 0 Å². The van der Waals surface area contributed by atoms with Gasteiger partial charge in [-0.3, -0.25) is 0 Å². The fourth-order valence-electron chi connectivity index (χ4n) is 3.53. The Balaban J connectivity index is 1.70. The fourth-order valence-corrected chi connectivity index (χ4v) is 4.60. The zero-order chi connectivity index (χ0) is 19.3. The van der Waals surface area contributed by atoms with E-state index in [9.17, 15) is 4.79 Å². The number of amides is 1. The third kappa shape index (κ3) is 3.91. The van der Waals surface area contributed by atoms with Crippen molar-refractivity contribution in [3.8, 4) is 11.3 Å².